The predicted molar refractivity (Wildman–Crippen MR) is 121 cm³/mol. The second-order valence-corrected chi connectivity index (χ2v) is 12.8. The van der Waals surface area contributed by atoms with E-state index in [1.54, 1.807) is 32.0 Å². The number of hydrogen-bond acceptors (Lipinski definition) is 2. The summed E-state index contributed by atoms with van der Waals surface area (Å²) < 4.78 is 24.3. The van der Waals surface area contributed by atoms with Crippen LogP contribution in [0.25, 0.3) is 0 Å². The molecule has 0 atom stereocenters. The van der Waals surface area contributed by atoms with Crippen LogP contribution in [0.5, 0.6) is 0 Å². The Balaban J connectivity index is 0. The van der Waals surface area contributed by atoms with E-state index in [2.05, 4.69) is 0 Å². The molecule has 0 N–H and O–H groups in total. The van der Waals surface area contributed by atoms with E-state index >= 15 is 0 Å². The maximum Gasteiger partial charge on any atom is 0.643 e. The van der Waals surface area contributed by atoms with E-state index in [1.165, 1.54) is 36.4 Å². The second kappa shape index (κ2) is 18.1. The van der Waals surface area contributed by atoms with Crippen molar-refractivity contribution in [2.24, 2.45) is 11.8 Å². The molecule has 0 saturated heterocycles. The van der Waals surface area contributed by atoms with Crippen molar-refractivity contribution in [1.82, 2.24) is 0 Å². The lowest BCUT2D eigenvalue weighted by atomic mass is 10.0. The molecule has 2 aromatic carbocycles. The molecule has 0 saturated carbocycles. The van der Waals surface area contributed by atoms with Gasteiger partial charge in [0.1, 0.15) is 11.6 Å². The van der Waals surface area contributed by atoms with E-state index in [4.69, 9.17) is 41.7 Å². The predicted octanol–water partition coefficient (Wildman–Crippen LogP) is 7.59. The quantitative estimate of drug-likeness (QED) is 0.246. The first-order valence-corrected chi connectivity index (χ1v) is 14.1. The Morgan fingerprint density at radius 2 is 1.10 bits per heavy atom. The van der Waals surface area contributed by atoms with Gasteiger partial charge in [0.2, 0.25) is 5.24 Å². The van der Waals surface area contributed by atoms with Crippen LogP contribution < -0.4 is 0 Å². The molecule has 0 spiro atoms. The zero-order valence-corrected chi connectivity index (χ0v) is 20.7. The highest BCUT2D eigenvalue weighted by Gasteiger charge is 2.09. The van der Waals surface area contributed by atoms with Gasteiger partial charge in [0.05, 0.1) is 0 Å². The first-order valence-electron chi connectivity index (χ1n) is 8.50. The standard InChI is InChI=1S/C10H11FO.C6H5F.C4H7ClO.Al.3ClH/c1-7(2)10(12)8-3-5-9(11)6-4-8;7-6-4-2-1-3-5-6;1-3(2)4(5)6;;;;/h3-7H,1-2H3;1-5H;3H,1-2H3;;3*1H/q;;;+3;;;/p-3. The van der Waals surface area contributed by atoms with Gasteiger partial charge in [-0.3, -0.25) is 9.59 Å². The molecule has 2 rings (SSSR count). The smallest absolute Gasteiger partial charge is 0.294 e. The van der Waals surface area contributed by atoms with Gasteiger partial charge in [-0.25, -0.2) is 38.9 Å². The normalized spacial score (nSPS) is 9.24. The summed E-state index contributed by atoms with van der Waals surface area (Å²) in [5, 5.41) is -0.269. The average molecular weight is 502 g/mol. The Morgan fingerprint density at radius 3 is 1.34 bits per heavy atom. The molecule has 2 nitrogen and oxygen atoms in total. The van der Waals surface area contributed by atoms with Crippen LogP contribution in [0.1, 0.15) is 38.1 Å². The summed E-state index contributed by atoms with van der Waals surface area (Å²) in [6.45, 7) is 7.17. The van der Waals surface area contributed by atoms with Crippen molar-refractivity contribution < 1.29 is 18.4 Å². The molecule has 0 heterocycles. The first kappa shape index (κ1) is 30.5. The molecule has 2 aromatic rings. The van der Waals surface area contributed by atoms with Crippen LogP contribution in [-0.4, -0.2) is 22.4 Å². The second-order valence-electron chi connectivity index (χ2n) is 6.03. The molecule has 0 aliphatic rings. The number of benzene rings is 2. The summed E-state index contributed by atoms with van der Waals surface area (Å²) in [5.41, 5.74) is 0.575. The maximum absolute atomic E-state index is 12.4. The average Bonchev–Trinajstić information content (AvgIpc) is 2.63. The number of Topliss-reactive ketones (excluding diaryl/α,β-unsaturated/α-hetero) is 1. The molecular weight excluding hydrogens is 479 g/mol. The SMILES string of the molecule is CC(C)C(=O)Cl.CC(C)C(=O)c1ccc(F)cc1.Fc1ccccc1.[Cl][Al]([Cl])[Cl]. The molecular formula is C20H23AlCl4F2O2. The zero-order valence-electron chi connectivity index (χ0n) is 16.5. The van der Waals surface area contributed by atoms with Gasteiger partial charge in [-0.15, -0.1) is 0 Å². The van der Waals surface area contributed by atoms with Crippen LogP contribution in [-0.2, 0) is 4.79 Å². The van der Waals surface area contributed by atoms with E-state index in [-0.39, 0.29) is 34.5 Å². The topological polar surface area (TPSA) is 34.1 Å². The van der Waals surface area contributed by atoms with Crippen molar-refractivity contribution in [3.63, 3.8) is 0 Å². The molecule has 0 radical (unpaired) electrons. The number of ketones is 1. The summed E-state index contributed by atoms with van der Waals surface area (Å²) in [6.07, 6.45) is 0. The van der Waals surface area contributed by atoms with E-state index < -0.39 is 11.4 Å². The minimum Gasteiger partial charge on any atom is -0.294 e. The van der Waals surface area contributed by atoms with Crippen LogP contribution in [0.3, 0.4) is 0 Å². The highest BCUT2D eigenvalue weighted by molar-refractivity contribution is 7.54. The van der Waals surface area contributed by atoms with Gasteiger partial charge in [-0.2, -0.15) is 0 Å². The fourth-order valence-electron chi connectivity index (χ4n) is 1.36. The van der Waals surface area contributed by atoms with E-state index in [1.807, 2.05) is 13.8 Å². The third kappa shape index (κ3) is 20.4. The Morgan fingerprint density at radius 1 is 0.759 bits per heavy atom. The molecule has 160 valence electrons. The molecule has 29 heavy (non-hydrogen) atoms. The molecule has 0 amide bonds. The molecule has 9 heteroatoms. The van der Waals surface area contributed by atoms with Crippen molar-refractivity contribution >= 4 is 64.2 Å². The number of carbonyl (C=O) groups excluding carboxylic acids is 2. The highest BCUT2D eigenvalue weighted by atomic mass is 35.8. The Labute approximate surface area is 193 Å². The number of rotatable bonds is 3. The molecule has 0 aliphatic carbocycles. The number of halogens is 6. The van der Waals surface area contributed by atoms with Crippen LogP contribution in [0.15, 0.2) is 54.6 Å². The van der Waals surface area contributed by atoms with Crippen LogP contribution in [0, 0.1) is 23.5 Å². The summed E-state index contributed by atoms with van der Waals surface area (Å²) >= 11 is 3.25. The van der Waals surface area contributed by atoms with E-state index in [0.717, 1.165) is 0 Å². The Hall–Kier alpha value is -0.668. The summed E-state index contributed by atoms with van der Waals surface area (Å²) in [7, 11) is 14.8. The summed E-state index contributed by atoms with van der Waals surface area (Å²) in [6, 6.07) is 13.6. The molecule has 0 unspecified atom stereocenters. The van der Waals surface area contributed by atoms with Crippen molar-refractivity contribution in [1.29, 1.82) is 0 Å². The highest BCUT2D eigenvalue weighted by Crippen LogP contribution is 2.08. The van der Waals surface area contributed by atoms with Gasteiger partial charge >= 0.3 is 11.4 Å². The summed E-state index contributed by atoms with van der Waals surface area (Å²) in [5.74, 6) is -0.491. The van der Waals surface area contributed by atoms with Gasteiger partial charge in [-0.1, -0.05) is 45.9 Å². The molecule has 0 aliphatic heterocycles. The fraction of sp³-hybridized carbons (Fsp3) is 0.300. The molecule has 0 aromatic heterocycles. The van der Waals surface area contributed by atoms with Crippen molar-refractivity contribution in [3.05, 3.63) is 71.8 Å². The number of carbonyl (C=O) groups is 2. The molecule has 0 bridgehead atoms. The van der Waals surface area contributed by atoms with Crippen LogP contribution >= 0.6 is 41.7 Å². The lowest BCUT2D eigenvalue weighted by molar-refractivity contribution is -0.114. The third-order valence-corrected chi connectivity index (χ3v) is 3.28. The Bertz CT molecular complexity index is 695. The molecule has 0 fully saturated rings. The minimum atomic E-state index is -1.72. The number of hydrogen-bond donors (Lipinski definition) is 0. The maximum atomic E-state index is 12.4. The van der Waals surface area contributed by atoms with Crippen molar-refractivity contribution in [2.75, 3.05) is 0 Å². The first-order chi connectivity index (χ1) is 13.4. The van der Waals surface area contributed by atoms with E-state index in [0.29, 0.717) is 5.56 Å². The lowest BCUT2D eigenvalue weighted by Crippen LogP contribution is -2.06. The van der Waals surface area contributed by atoms with E-state index in [9.17, 15) is 18.4 Å². The van der Waals surface area contributed by atoms with Gasteiger partial charge in [0.25, 0.3) is 0 Å². The van der Waals surface area contributed by atoms with Gasteiger partial charge < -0.3 is 0 Å². The van der Waals surface area contributed by atoms with Gasteiger partial charge in [0, 0.05) is 17.4 Å². The lowest BCUT2D eigenvalue weighted by Gasteiger charge is -2.02. The van der Waals surface area contributed by atoms with Gasteiger partial charge in [-0.05, 0) is 48.0 Å². The zero-order chi connectivity index (χ0) is 23.0. The minimum absolute atomic E-state index is 0.0216. The van der Waals surface area contributed by atoms with Crippen LogP contribution in [0.4, 0.5) is 8.78 Å². The van der Waals surface area contributed by atoms with Crippen molar-refractivity contribution in [3.8, 4) is 0 Å². The van der Waals surface area contributed by atoms with Gasteiger partial charge in [0.15, 0.2) is 5.78 Å². The fourth-order valence-corrected chi connectivity index (χ4v) is 1.36. The van der Waals surface area contributed by atoms with Crippen LogP contribution in [0.2, 0.25) is 0 Å². The van der Waals surface area contributed by atoms with Crippen molar-refractivity contribution in [2.45, 2.75) is 27.7 Å². The Kier molecular flexibility index (Phi) is 19.1. The summed E-state index contributed by atoms with van der Waals surface area (Å²) in [4.78, 5) is 21.2. The monoisotopic (exact) mass is 500 g/mol. The largest absolute Gasteiger partial charge is 0.643 e. The third-order valence-electron chi connectivity index (χ3n) is 2.84.